The maximum absolute atomic E-state index is 10.7. The molecule has 0 amide bonds. The van der Waals surface area contributed by atoms with Gasteiger partial charge in [0.1, 0.15) is 5.69 Å². The van der Waals surface area contributed by atoms with E-state index in [0.29, 0.717) is 12.2 Å². The third-order valence-corrected chi connectivity index (χ3v) is 2.84. The van der Waals surface area contributed by atoms with Crippen LogP contribution in [-0.2, 0) is 6.54 Å². The van der Waals surface area contributed by atoms with Crippen molar-refractivity contribution < 1.29 is 9.85 Å². The number of non-ortho nitro benzene ring substituents is 1. The van der Waals surface area contributed by atoms with Crippen LogP contribution in [0.4, 0.5) is 22.7 Å². The largest absolute Gasteiger partial charge is 0.393 e. The molecule has 2 aromatic carbocycles. The fourth-order valence-electron chi connectivity index (χ4n) is 1.81. The number of nitrogens with one attached hydrogen (secondary N) is 1. The highest BCUT2D eigenvalue weighted by Crippen LogP contribution is 2.25. The van der Waals surface area contributed by atoms with Gasteiger partial charge in [0.15, 0.2) is 0 Å². The van der Waals surface area contributed by atoms with Crippen molar-refractivity contribution in [1.29, 1.82) is 0 Å². The van der Waals surface area contributed by atoms with Gasteiger partial charge < -0.3 is 11.1 Å². The summed E-state index contributed by atoms with van der Waals surface area (Å²) >= 11 is 0. The summed E-state index contributed by atoms with van der Waals surface area (Å²) < 4.78 is 0. The van der Waals surface area contributed by atoms with E-state index in [1.807, 2.05) is 0 Å². The summed E-state index contributed by atoms with van der Waals surface area (Å²) in [6.45, 7) is 0.346. The first-order chi connectivity index (χ1) is 9.97. The number of nitro benzene ring substituents is 2. The first kappa shape index (κ1) is 14.3. The number of hydrogen-bond acceptors (Lipinski definition) is 6. The summed E-state index contributed by atoms with van der Waals surface area (Å²) in [4.78, 5) is 20.3. The zero-order valence-electron chi connectivity index (χ0n) is 10.9. The van der Waals surface area contributed by atoms with E-state index in [2.05, 4.69) is 5.32 Å². The highest BCUT2D eigenvalue weighted by atomic mass is 16.6. The second kappa shape index (κ2) is 5.87. The molecule has 0 aromatic heterocycles. The minimum atomic E-state index is -0.556. The third kappa shape index (κ3) is 3.44. The van der Waals surface area contributed by atoms with Crippen LogP contribution in [0.3, 0.4) is 0 Å². The standard InChI is InChI=1S/C13H12N4O4/c14-12-7-10(4-5-13(12)17(20)21)15-8-9-2-1-3-11(6-9)16(18)19/h1-7,15H,8,14H2. The fraction of sp³-hybridized carbons (Fsp3) is 0.0769. The van der Waals surface area contributed by atoms with Gasteiger partial charge in [-0.3, -0.25) is 20.2 Å². The van der Waals surface area contributed by atoms with Crippen molar-refractivity contribution in [3.05, 3.63) is 68.3 Å². The molecule has 0 saturated heterocycles. The molecule has 0 radical (unpaired) electrons. The molecule has 0 heterocycles. The highest BCUT2D eigenvalue weighted by Gasteiger charge is 2.11. The molecule has 8 nitrogen and oxygen atoms in total. The Hall–Kier alpha value is -3.16. The molecule has 2 rings (SSSR count). The molecule has 0 atom stereocenters. The molecule has 0 fully saturated rings. The predicted octanol–water partition coefficient (Wildman–Crippen LogP) is 2.70. The topological polar surface area (TPSA) is 124 Å². The van der Waals surface area contributed by atoms with Gasteiger partial charge in [-0.2, -0.15) is 0 Å². The number of benzene rings is 2. The molecular weight excluding hydrogens is 276 g/mol. The van der Waals surface area contributed by atoms with Crippen LogP contribution in [0.2, 0.25) is 0 Å². The highest BCUT2D eigenvalue weighted by molar-refractivity contribution is 5.65. The van der Waals surface area contributed by atoms with E-state index >= 15 is 0 Å². The Balaban J connectivity index is 2.10. The Bertz CT molecular complexity index is 702. The Labute approximate surface area is 119 Å². The van der Waals surface area contributed by atoms with E-state index in [1.54, 1.807) is 12.1 Å². The number of nitro groups is 2. The van der Waals surface area contributed by atoms with E-state index in [-0.39, 0.29) is 17.1 Å². The van der Waals surface area contributed by atoms with E-state index in [4.69, 9.17) is 5.73 Å². The molecule has 108 valence electrons. The lowest BCUT2D eigenvalue weighted by atomic mass is 10.2. The van der Waals surface area contributed by atoms with E-state index in [1.165, 1.54) is 30.3 Å². The molecule has 0 bridgehead atoms. The lowest BCUT2D eigenvalue weighted by Gasteiger charge is -2.07. The molecule has 0 saturated carbocycles. The number of nitrogens with two attached hydrogens (primary N) is 1. The molecule has 3 N–H and O–H groups in total. The SMILES string of the molecule is Nc1cc(NCc2cccc([N+](=O)[O-])c2)ccc1[N+](=O)[O-]. The first-order valence-corrected chi connectivity index (χ1v) is 5.98. The molecular formula is C13H12N4O4. The predicted molar refractivity (Wildman–Crippen MR) is 77.9 cm³/mol. The van der Waals surface area contributed by atoms with Gasteiger partial charge in [0, 0.05) is 30.4 Å². The summed E-state index contributed by atoms with van der Waals surface area (Å²) in [6.07, 6.45) is 0. The van der Waals surface area contributed by atoms with Gasteiger partial charge in [-0.05, 0) is 17.7 Å². The monoisotopic (exact) mass is 288 g/mol. The van der Waals surface area contributed by atoms with Crippen molar-refractivity contribution in [3.63, 3.8) is 0 Å². The van der Waals surface area contributed by atoms with Crippen LogP contribution >= 0.6 is 0 Å². The van der Waals surface area contributed by atoms with E-state index < -0.39 is 9.85 Å². The lowest BCUT2D eigenvalue weighted by Crippen LogP contribution is -2.02. The molecule has 0 spiro atoms. The smallest absolute Gasteiger partial charge is 0.292 e. The van der Waals surface area contributed by atoms with Gasteiger partial charge >= 0.3 is 0 Å². The number of nitrogen functional groups attached to an aromatic ring is 1. The van der Waals surface area contributed by atoms with Crippen molar-refractivity contribution >= 4 is 22.7 Å². The van der Waals surface area contributed by atoms with Gasteiger partial charge in [-0.25, -0.2) is 0 Å². The quantitative estimate of drug-likeness (QED) is 0.495. The van der Waals surface area contributed by atoms with Crippen molar-refractivity contribution in [2.24, 2.45) is 0 Å². The van der Waals surface area contributed by atoms with Crippen LogP contribution in [0.5, 0.6) is 0 Å². The fourth-order valence-corrected chi connectivity index (χ4v) is 1.81. The van der Waals surface area contributed by atoms with Crippen molar-refractivity contribution in [1.82, 2.24) is 0 Å². The average molecular weight is 288 g/mol. The number of rotatable bonds is 5. The van der Waals surface area contributed by atoms with Gasteiger partial charge in [0.25, 0.3) is 11.4 Å². The van der Waals surface area contributed by atoms with Crippen LogP contribution in [0.1, 0.15) is 5.56 Å². The van der Waals surface area contributed by atoms with Gasteiger partial charge in [-0.1, -0.05) is 12.1 Å². The van der Waals surface area contributed by atoms with Crippen LogP contribution in [0, 0.1) is 20.2 Å². The van der Waals surface area contributed by atoms with E-state index in [9.17, 15) is 20.2 Å². The normalized spacial score (nSPS) is 10.1. The molecule has 8 heteroatoms. The molecule has 0 aliphatic carbocycles. The third-order valence-electron chi connectivity index (χ3n) is 2.84. The first-order valence-electron chi connectivity index (χ1n) is 5.98. The maximum Gasteiger partial charge on any atom is 0.292 e. The Morgan fingerprint density at radius 2 is 1.81 bits per heavy atom. The zero-order chi connectivity index (χ0) is 15.4. The average Bonchev–Trinajstić information content (AvgIpc) is 2.45. The summed E-state index contributed by atoms with van der Waals surface area (Å²) in [5, 5.41) is 24.3. The van der Waals surface area contributed by atoms with Crippen LogP contribution in [-0.4, -0.2) is 9.85 Å². The summed E-state index contributed by atoms with van der Waals surface area (Å²) in [6, 6.07) is 10.5. The Morgan fingerprint density at radius 1 is 1.05 bits per heavy atom. The molecule has 0 unspecified atom stereocenters. The number of hydrogen-bond donors (Lipinski definition) is 2. The minimum absolute atomic E-state index is 0.0116. The summed E-state index contributed by atoms with van der Waals surface area (Å²) in [5.41, 5.74) is 6.82. The van der Waals surface area contributed by atoms with Crippen LogP contribution < -0.4 is 11.1 Å². The van der Waals surface area contributed by atoms with Crippen molar-refractivity contribution in [2.45, 2.75) is 6.54 Å². The van der Waals surface area contributed by atoms with Crippen molar-refractivity contribution in [2.75, 3.05) is 11.1 Å². The van der Waals surface area contributed by atoms with Crippen LogP contribution in [0.15, 0.2) is 42.5 Å². The second-order valence-corrected chi connectivity index (χ2v) is 4.31. The van der Waals surface area contributed by atoms with Crippen molar-refractivity contribution in [3.8, 4) is 0 Å². The second-order valence-electron chi connectivity index (χ2n) is 4.31. The molecule has 2 aromatic rings. The lowest BCUT2D eigenvalue weighted by molar-refractivity contribution is -0.384. The number of anilines is 2. The maximum atomic E-state index is 10.7. The molecule has 0 aliphatic rings. The molecule has 0 aliphatic heterocycles. The van der Waals surface area contributed by atoms with Gasteiger partial charge in [0.05, 0.1) is 9.85 Å². The minimum Gasteiger partial charge on any atom is -0.393 e. The Morgan fingerprint density at radius 3 is 2.43 bits per heavy atom. The van der Waals surface area contributed by atoms with E-state index in [0.717, 1.165) is 5.56 Å². The summed E-state index contributed by atoms with van der Waals surface area (Å²) in [5.74, 6) is 0. The zero-order valence-corrected chi connectivity index (χ0v) is 10.9. The molecule has 21 heavy (non-hydrogen) atoms. The summed E-state index contributed by atoms with van der Waals surface area (Å²) in [7, 11) is 0. The van der Waals surface area contributed by atoms with Gasteiger partial charge in [-0.15, -0.1) is 0 Å². The Kier molecular flexibility index (Phi) is 3.98. The number of nitrogens with zero attached hydrogens (tertiary/aromatic N) is 2. The van der Waals surface area contributed by atoms with Gasteiger partial charge in [0.2, 0.25) is 0 Å². The van der Waals surface area contributed by atoms with Crippen LogP contribution in [0.25, 0.3) is 0 Å².